The van der Waals surface area contributed by atoms with Gasteiger partial charge < -0.3 is 9.64 Å². The van der Waals surface area contributed by atoms with Crippen molar-refractivity contribution in [2.24, 2.45) is 5.92 Å². The van der Waals surface area contributed by atoms with E-state index in [0.29, 0.717) is 11.1 Å². The van der Waals surface area contributed by atoms with E-state index in [0.717, 1.165) is 32.0 Å². The maximum absolute atomic E-state index is 13.5. The number of hydrogen-bond donors (Lipinski definition) is 0. The lowest BCUT2D eigenvalue weighted by atomic mass is 9.99. The number of rotatable bonds is 5. The Bertz CT molecular complexity index is 424. The molecule has 5 heteroatoms. The molecule has 112 valence electrons. The molecule has 0 aliphatic carbocycles. The Kier molecular flexibility index (Phi) is 5.78. The van der Waals surface area contributed by atoms with Crippen molar-refractivity contribution in [2.45, 2.75) is 26.2 Å². The van der Waals surface area contributed by atoms with E-state index in [9.17, 15) is 8.78 Å². The zero-order chi connectivity index (χ0) is 14.5. The summed E-state index contributed by atoms with van der Waals surface area (Å²) in [7, 11) is 0. The monoisotopic (exact) mass is 347 g/mol. The van der Waals surface area contributed by atoms with E-state index in [1.54, 1.807) is 0 Å². The SMILES string of the molecule is CC1CCN(CCCOc2c(F)cc(Br)cc2F)CC1. The average Bonchev–Trinajstić information content (AvgIpc) is 2.39. The average molecular weight is 348 g/mol. The second-order valence-electron chi connectivity index (χ2n) is 5.42. The molecular weight excluding hydrogens is 328 g/mol. The van der Waals surface area contributed by atoms with Crippen LogP contribution in [0.4, 0.5) is 8.78 Å². The number of nitrogens with zero attached hydrogens (tertiary/aromatic N) is 1. The first-order valence-corrected chi connectivity index (χ1v) is 7.85. The van der Waals surface area contributed by atoms with Crippen molar-refractivity contribution in [1.82, 2.24) is 4.90 Å². The van der Waals surface area contributed by atoms with Crippen molar-refractivity contribution >= 4 is 15.9 Å². The van der Waals surface area contributed by atoms with Gasteiger partial charge in [0.2, 0.25) is 0 Å². The fourth-order valence-corrected chi connectivity index (χ4v) is 2.82. The minimum atomic E-state index is -0.663. The van der Waals surface area contributed by atoms with E-state index < -0.39 is 11.6 Å². The summed E-state index contributed by atoms with van der Waals surface area (Å²) in [5.74, 6) is -0.790. The fourth-order valence-electron chi connectivity index (χ4n) is 2.41. The van der Waals surface area contributed by atoms with Crippen LogP contribution in [0.1, 0.15) is 26.2 Å². The first kappa shape index (κ1) is 15.7. The van der Waals surface area contributed by atoms with Gasteiger partial charge in [0, 0.05) is 11.0 Å². The molecule has 0 amide bonds. The molecule has 0 spiro atoms. The number of piperidine rings is 1. The van der Waals surface area contributed by atoms with Gasteiger partial charge >= 0.3 is 0 Å². The molecule has 0 N–H and O–H groups in total. The van der Waals surface area contributed by atoms with Crippen molar-refractivity contribution in [1.29, 1.82) is 0 Å². The first-order valence-electron chi connectivity index (χ1n) is 7.06. The zero-order valence-electron chi connectivity index (χ0n) is 11.7. The molecule has 0 radical (unpaired) electrons. The highest BCUT2D eigenvalue weighted by Gasteiger charge is 2.15. The Morgan fingerprint density at radius 2 is 1.85 bits per heavy atom. The molecule has 2 nitrogen and oxygen atoms in total. The third kappa shape index (κ3) is 4.42. The summed E-state index contributed by atoms with van der Waals surface area (Å²) in [4.78, 5) is 2.39. The standard InChI is InChI=1S/C15H20BrF2NO/c1-11-3-6-19(7-4-11)5-2-8-20-15-13(17)9-12(16)10-14(15)18/h9-11H,2-8H2,1H3. The second-order valence-corrected chi connectivity index (χ2v) is 6.34. The van der Waals surface area contributed by atoms with Crippen LogP contribution in [-0.2, 0) is 0 Å². The van der Waals surface area contributed by atoms with Crippen LogP contribution in [0.25, 0.3) is 0 Å². The lowest BCUT2D eigenvalue weighted by molar-refractivity contribution is 0.175. The van der Waals surface area contributed by atoms with Crippen LogP contribution in [0, 0.1) is 17.6 Å². The maximum Gasteiger partial charge on any atom is 0.190 e. The van der Waals surface area contributed by atoms with Gasteiger partial charge in [-0.05, 0) is 50.4 Å². The molecule has 0 unspecified atom stereocenters. The van der Waals surface area contributed by atoms with Crippen LogP contribution >= 0.6 is 15.9 Å². The third-order valence-corrected chi connectivity index (χ3v) is 4.16. The lowest BCUT2D eigenvalue weighted by Crippen LogP contribution is -2.34. The van der Waals surface area contributed by atoms with Gasteiger partial charge in [-0.15, -0.1) is 0 Å². The Hall–Kier alpha value is -0.680. The van der Waals surface area contributed by atoms with Crippen molar-refractivity contribution in [3.8, 4) is 5.75 Å². The summed E-state index contributed by atoms with van der Waals surface area (Å²) >= 11 is 3.04. The Morgan fingerprint density at radius 1 is 1.25 bits per heavy atom. The van der Waals surface area contributed by atoms with Gasteiger partial charge in [0.1, 0.15) is 0 Å². The molecule has 20 heavy (non-hydrogen) atoms. The Morgan fingerprint density at radius 3 is 2.45 bits per heavy atom. The molecule has 1 heterocycles. The van der Waals surface area contributed by atoms with Crippen LogP contribution in [0.2, 0.25) is 0 Å². The molecule has 0 atom stereocenters. The predicted octanol–water partition coefficient (Wildman–Crippen LogP) is 4.23. The summed E-state index contributed by atoms with van der Waals surface area (Å²) in [6.07, 6.45) is 3.25. The topological polar surface area (TPSA) is 12.5 Å². The molecule has 2 rings (SSSR count). The number of benzene rings is 1. The molecule has 1 aliphatic heterocycles. The predicted molar refractivity (Wildman–Crippen MR) is 79.0 cm³/mol. The molecule has 1 saturated heterocycles. The zero-order valence-corrected chi connectivity index (χ0v) is 13.3. The summed E-state index contributed by atoms with van der Waals surface area (Å²) in [6.45, 7) is 5.76. The Balaban J connectivity index is 1.74. The van der Waals surface area contributed by atoms with Gasteiger partial charge in [-0.2, -0.15) is 0 Å². The maximum atomic E-state index is 13.5. The van der Waals surface area contributed by atoms with Gasteiger partial charge in [-0.1, -0.05) is 22.9 Å². The molecule has 0 saturated carbocycles. The fraction of sp³-hybridized carbons (Fsp3) is 0.600. The van der Waals surface area contributed by atoms with Crippen molar-refractivity contribution < 1.29 is 13.5 Å². The largest absolute Gasteiger partial charge is 0.488 e. The van der Waals surface area contributed by atoms with E-state index >= 15 is 0 Å². The van der Waals surface area contributed by atoms with Crippen LogP contribution in [0.3, 0.4) is 0 Å². The number of likely N-dealkylation sites (tertiary alicyclic amines) is 1. The highest BCUT2D eigenvalue weighted by atomic mass is 79.9. The van der Waals surface area contributed by atoms with Crippen LogP contribution in [0.15, 0.2) is 16.6 Å². The van der Waals surface area contributed by atoms with Gasteiger partial charge in [0.25, 0.3) is 0 Å². The first-order chi connectivity index (χ1) is 9.56. The normalized spacial score (nSPS) is 17.4. The number of halogens is 3. The van der Waals surface area contributed by atoms with Crippen molar-refractivity contribution in [2.75, 3.05) is 26.2 Å². The smallest absolute Gasteiger partial charge is 0.190 e. The summed E-state index contributed by atoms with van der Waals surface area (Å²) < 4.78 is 32.7. The molecule has 1 aliphatic rings. The minimum Gasteiger partial charge on any atom is -0.488 e. The Labute approximate surface area is 127 Å². The van der Waals surface area contributed by atoms with E-state index in [1.807, 2.05) is 0 Å². The van der Waals surface area contributed by atoms with Gasteiger partial charge in [-0.3, -0.25) is 0 Å². The van der Waals surface area contributed by atoms with Gasteiger partial charge in [0.15, 0.2) is 17.4 Å². The van der Waals surface area contributed by atoms with E-state index in [1.165, 1.54) is 25.0 Å². The quantitative estimate of drug-likeness (QED) is 0.739. The van der Waals surface area contributed by atoms with E-state index in [4.69, 9.17) is 4.74 Å². The van der Waals surface area contributed by atoms with Gasteiger partial charge in [0.05, 0.1) is 6.61 Å². The summed E-state index contributed by atoms with van der Waals surface area (Å²) in [5, 5.41) is 0. The van der Waals surface area contributed by atoms with Crippen LogP contribution < -0.4 is 4.74 Å². The molecule has 1 aromatic carbocycles. The summed E-state index contributed by atoms with van der Waals surface area (Å²) in [5.41, 5.74) is 0. The molecule has 1 aromatic rings. The van der Waals surface area contributed by atoms with Crippen LogP contribution in [0.5, 0.6) is 5.75 Å². The van der Waals surface area contributed by atoms with Crippen molar-refractivity contribution in [3.63, 3.8) is 0 Å². The molecule has 0 aromatic heterocycles. The van der Waals surface area contributed by atoms with Crippen molar-refractivity contribution in [3.05, 3.63) is 28.2 Å². The van der Waals surface area contributed by atoms with Crippen LogP contribution in [-0.4, -0.2) is 31.1 Å². The highest BCUT2D eigenvalue weighted by Crippen LogP contribution is 2.26. The molecular formula is C15H20BrF2NO. The van der Waals surface area contributed by atoms with E-state index in [-0.39, 0.29) is 5.75 Å². The highest BCUT2D eigenvalue weighted by molar-refractivity contribution is 9.10. The van der Waals surface area contributed by atoms with E-state index in [2.05, 4.69) is 27.8 Å². The summed E-state index contributed by atoms with van der Waals surface area (Å²) in [6, 6.07) is 2.43. The third-order valence-electron chi connectivity index (χ3n) is 3.70. The lowest BCUT2D eigenvalue weighted by Gasteiger charge is -2.30. The minimum absolute atomic E-state index is 0.277. The molecule has 0 bridgehead atoms. The van der Waals surface area contributed by atoms with Gasteiger partial charge in [-0.25, -0.2) is 8.78 Å². The second kappa shape index (κ2) is 7.36. The number of ether oxygens (including phenoxy) is 1. The number of hydrogen-bond acceptors (Lipinski definition) is 2. The molecule has 1 fully saturated rings.